The summed E-state index contributed by atoms with van der Waals surface area (Å²) >= 11 is 3.57. The Hall–Kier alpha value is -1.59. The average Bonchev–Trinajstić information content (AvgIpc) is 2.95. The number of hydrogen-bond acceptors (Lipinski definition) is 3. The van der Waals surface area contributed by atoms with Crippen molar-refractivity contribution in [1.82, 2.24) is 9.78 Å². The highest BCUT2D eigenvalue weighted by molar-refractivity contribution is 9.10. The van der Waals surface area contributed by atoms with Crippen LogP contribution in [0, 0.1) is 6.92 Å². The zero-order chi connectivity index (χ0) is 14.3. The van der Waals surface area contributed by atoms with Gasteiger partial charge in [-0.1, -0.05) is 18.2 Å². The molecule has 5 heteroatoms. The van der Waals surface area contributed by atoms with Crippen molar-refractivity contribution in [3.05, 3.63) is 52.0 Å². The lowest BCUT2D eigenvalue weighted by Crippen LogP contribution is -2.15. The van der Waals surface area contributed by atoms with Gasteiger partial charge < -0.3 is 10.2 Å². The summed E-state index contributed by atoms with van der Waals surface area (Å²) in [6, 6.07) is 9.76. The fraction of sp³-hybridized carbons (Fsp3) is 0.267. The van der Waals surface area contributed by atoms with Crippen molar-refractivity contribution in [3.8, 4) is 0 Å². The van der Waals surface area contributed by atoms with Crippen LogP contribution in [0.15, 0.2) is 39.2 Å². The Balaban J connectivity index is 1.90. The summed E-state index contributed by atoms with van der Waals surface area (Å²) in [6.07, 6.45) is 0.678. The molecule has 0 spiro atoms. The highest BCUT2D eigenvalue weighted by Gasteiger charge is 2.18. The maximum Gasteiger partial charge on any atom is 0.134 e. The molecule has 3 aromatic rings. The van der Waals surface area contributed by atoms with Gasteiger partial charge in [0.1, 0.15) is 11.3 Å². The van der Waals surface area contributed by atoms with Gasteiger partial charge in [0.05, 0.1) is 21.9 Å². The smallest absolute Gasteiger partial charge is 0.134 e. The van der Waals surface area contributed by atoms with Gasteiger partial charge in [0.15, 0.2) is 0 Å². The summed E-state index contributed by atoms with van der Waals surface area (Å²) in [5, 5.41) is 5.47. The molecule has 104 valence electrons. The lowest BCUT2D eigenvalue weighted by Gasteiger charge is -2.09. The second-order valence-corrected chi connectivity index (χ2v) is 5.76. The van der Waals surface area contributed by atoms with Crippen molar-refractivity contribution in [3.63, 3.8) is 0 Å². The first-order valence-electron chi connectivity index (χ1n) is 6.48. The number of nitrogens with zero attached hydrogens (tertiary/aromatic N) is 2. The first-order valence-corrected chi connectivity index (χ1v) is 7.27. The molecule has 0 aliphatic rings. The van der Waals surface area contributed by atoms with Crippen LogP contribution in [0.5, 0.6) is 0 Å². The van der Waals surface area contributed by atoms with Crippen LogP contribution in [0.25, 0.3) is 11.0 Å². The topological polar surface area (TPSA) is 57.0 Å². The molecule has 0 bridgehead atoms. The fourth-order valence-electron chi connectivity index (χ4n) is 2.40. The molecule has 0 saturated heterocycles. The molecular formula is C15H16BrN3O. The van der Waals surface area contributed by atoms with Gasteiger partial charge in [-0.2, -0.15) is 5.10 Å². The number of benzene rings is 1. The van der Waals surface area contributed by atoms with E-state index in [1.807, 2.05) is 49.0 Å². The number of furan rings is 1. The van der Waals surface area contributed by atoms with Gasteiger partial charge >= 0.3 is 0 Å². The summed E-state index contributed by atoms with van der Waals surface area (Å²) in [5.41, 5.74) is 9.21. The molecular weight excluding hydrogens is 318 g/mol. The summed E-state index contributed by atoms with van der Waals surface area (Å²) in [4.78, 5) is 0. The van der Waals surface area contributed by atoms with Crippen LogP contribution in [0.4, 0.5) is 0 Å². The van der Waals surface area contributed by atoms with Gasteiger partial charge in [-0.15, -0.1) is 0 Å². The number of fused-ring (bicyclic) bond motifs is 1. The Bertz CT molecular complexity index is 727. The van der Waals surface area contributed by atoms with E-state index in [-0.39, 0.29) is 6.04 Å². The monoisotopic (exact) mass is 333 g/mol. The van der Waals surface area contributed by atoms with Crippen LogP contribution in [0.2, 0.25) is 0 Å². The SMILES string of the molecule is Cc1nn(C)c(CC(N)c2cc3ccccc3o2)c1Br. The number of rotatable bonds is 3. The largest absolute Gasteiger partial charge is 0.459 e. The molecule has 1 aromatic carbocycles. The first-order chi connectivity index (χ1) is 9.56. The van der Waals surface area contributed by atoms with Crippen LogP contribution in [0.1, 0.15) is 23.2 Å². The van der Waals surface area contributed by atoms with Gasteiger partial charge in [-0.3, -0.25) is 4.68 Å². The Morgan fingerprint density at radius 2 is 2.15 bits per heavy atom. The predicted molar refractivity (Wildman–Crippen MR) is 82.5 cm³/mol. The quantitative estimate of drug-likeness (QED) is 0.798. The van der Waals surface area contributed by atoms with Crippen LogP contribution < -0.4 is 5.73 Å². The summed E-state index contributed by atoms with van der Waals surface area (Å²) in [7, 11) is 1.93. The molecule has 0 aliphatic heterocycles. The molecule has 2 aromatic heterocycles. The minimum atomic E-state index is -0.187. The van der Waals surface area contributed by atoms with Crippen molar-refractivity contribution in [1.29, 1.82) is 0 Å². The minimum absolute atomic E-state index is 0.187. The van der Waals surface area contributed by atoms with Gasteiger partial charge in [0.2, 0.25) is 0 Å². The average molecular weight is 334 g/mol. The molecule has 0 saturated carbocycles. The summed E-state index contributed by atoms with van der Waals surface area (Å²) < 4.78 is 8.70. The number of aryl methyl sites for hydroxylation is 2. The summed E-state index contributed by atoms with van der Waals surface area (Å²) in [5.74, 6) is 0.803. The molecule has 1 unspecified atom stereocenters. The second kappa shape index (κ2) is 5.07. The van der Waals surface area contributed by atoms with Crippen molar-refractivity contribution in [2.45, 2.75) is 19.4 Å². The van der Waals surface area contributed by atoms with Gasteiger partial charge in [-0.25, -0.2) is 0 Å². The lowest BCUT2D eigenvalue weighted by atomic mass is 10.1. The van der Waals surface area contributed by atoms with Crippen LogP contribution in [0.3, 0.4) is 0 Å². The Morgan fingerprint density at radius 3 is 2.80 bits per heavy atom. The van der Waals surface area contributed by atoms with E-state index >= 15 is 0 Å². The molecule has 1 atom stereocenters. The van der Waals surface area contributed by atoms with Crippen molar-refractivity contribution in [2.24, 2.45) is 12.8 Å². The maximum atomic E-state index is 6.28. The van der Waals surface area contributed by atoms with Crippen LogP contribution in [-0.4, -0.2) is 9.78 Å². The Morgan fingerprint density at radius 1 is 1.40 bits per heavy atom. The molecule has 2 heterocycles. The van der Waals surface area contributed by atoms with E-state index in [1.165, 1.54) is 0 Å². The standard InChI is InChI=1S/C15H16BrN3O/c1-9-15(16)12(19(2)18-9)8-11(17)14-7-10-5-3-4-6-13(10)20-14/h3-7,11H,8,17H2,1-2H3. The number of aromatic nitrogens is 2. The van der Waals surface area contributed by atoms with E-state index in [2.05, 4.69) is 21.0 Å². The molecule has 2 N–H and O–H groups in total. The predicted octanol–water partition coefficient (Wildman–Crippen LogP) is 3.48. The third-order valence-electron chi connectivity index (χ3n) is 3.48. The molecule has 20 heavy (non-hydrogen) atoms. The van der Waals surface area contributed by atoms with Crippen molar-refractivity contribution < 1.29 is 4.42 Å². The molecule has 4 nitrogen and oxygen atoms in total. The Kier molecular flexibility index (Phi) is 3.40. The van der Waals surface area contributed by atoms with E-state index in [4.69, 9.17) is 10.2 Å². The Labute approximate surface area is 125 Å². The van der Waals surface area contributed by atoms with E-state index in [0.717, 1.165) is 32.6 Å². The number of halogens is 1. The van der Waals surface area contributed by atoms with E-state index in [0.29, 0.717) is 6.42 Å². The van der Waals surface area contributed by atoms with E-state index in [9.17, 15) is 0 Å². The van der Waals surface area contributed by atoms with Gasteiger partial charge in [0.25, 0.3) is 0 Å². The van der Waals surface area contributed by atoms with E-state index in [1.54, 1.807) is 0 Å². The second-order valence-electron chi connectivity index (χ2n) is 4.97. The normalized spacial score (nSPS) is 13.0. The minimum Gasteiger partial charge on any atom is -0.459 e. The maximum absolute atomic E-state index is 6.28. The molecule has 0 radical (unpaired) electrons. The zero-order valence-electron chi connectivity index (χ0n) is 11.4. The first kappa shape index (κ1) is 13.4. The summed E-state index contributed by atoms with van der Waals surface area (Å²) in [6.45, 7) is 1.97. The molecule has 0 aliphatic carbocycles. The third-order valence-corrected chi connectivity index (χ3v) is 4.52. The molecule has 3 rings (SSSR count). The van der Waals surface area contributed by atoms with E-state index < -0.39 is 0 Å². The van der Waals surface area contributed by atoms with Crippen LogP contribution in [-0.2, 0) is 13.5 Å². The van der Waals surface area contributed by atoms with Crippen LogP contribution >= 0.6 is 15.9 Å². The van der Waals surface area contributed by atoms with Gasteiger partial charge in [0, 0.05) is 18.9 Å². The highest BCUT2D eigenvalue weighted by Crippen LogP contribution is 2.28. The molecule has 0 amide bonds. The highest BCUT2D eigenvalue weighted by atomic mass is 79.9. The third kappa shape index (κ3) is 2.27. The number of para-hydroxylation sites is 1. The lowest BCUT2D eigenvalue weighted by molar-refractivity contribution is 0.486. The number of hydrogen-bond donors (Lipinski definition) is 1. The van der Waals surface area contributed by atoms with Gasteiger partial charge in [-0.05, 0) is 35.0 Å². The van der Waals surface area contributed by atoms with Crippen molar-refractivity contribution >= 4 is 26.9 Å². The van der Waals surface area contributed by atoms with Crippen molar-refractivity contribution in [2.75, 3.05) is 0 Å². The number of nitrogens with two attached hydrogens (primary N) is 1. The zero-order valence-corrected chi connectivity index (χ0v) is 13.0. The fourth-order valence-corrected chi connectivity index (χ4v) is 2.89. The molecule has 0 fully saturated rings.